The highest BCUT2D eigenvalue weighted by atomic mass is 32.2. The summed E-state index contributed by atoms with van der Waals surface area (Å²) in [5.74, 6) is -0.318. The Morgan fingerprint density at radius 3 is 2.61 bits per heavy atom. The minimum atomic E-state index is -0.290. The van der Waals surface area contributed by atoms with E-state index in [4.69, 9.17) is 0 Å². The maximum absolute atomic E-state index is 13.1. The fourth-order valence-corrected chi connectivity index (χ4v) is 4.67. The number of aromatic nitrogens is 2. The van der Waals surface area contributed by atoms with Gasteiger partial charge in [0.25, 0.3) is 5.91 Å². The molecule has 1 saturated heterocycles. The molecule has 144 valence electrons. The van der Waals surface area contributed by atoms with E-state index < -0.39 is 0 Å². The van der Waals surface area contributed by atoms with E-state index in [2.05, 4.69) is 41.4 Å². The molecule has 0 radical (unpaired) electrons. The molecule has 1 fully saturated rings. The normalized spacial score (nSPS) is 15.0. The maximum Gasteiger partial charge on any atom is 0.271 e. The zero-order valence-corrected chi connectivity index (χ0v) is 16.5. The quantitative estimate of drug-likeness (QED) is 0.682. The number of aromatic amines is 1. The molecule has 0 atom stereocenters. The number of amides is 1. The predicted octanol–water partition coefficient (Wildman–Crippen LogP) is 4.92. The van der Waals surface area contributed by atoms with E-state index in [9.17, 15) is 9.18 Å². The topological polar surface area (TPSA) is 49.0 Å². The third kappa shape index (κ3) is 4.28. The van der Waals surface area contributed by atoms with Crippen molar-refractivity contribution in [3.05, 3.63) is 71.7 Å². The highest BCUT2D eigenvalue weighted by molar-refractivity contribution is 8.00. The molecule has 2 heterocycles. The largest absolute Gasteiger partial charge is 0.337 e. The molecule has 1 aromatic heterocycles. The van der Waals surface area contributed by atoms with Crippen molar-refractivity contribution in [2.45, 2.75) is 29.9 Å². The standard InChI is InChI=1S/C22H22FN3OS/c1-15-3-2-4-19(13-15)28-18-9-11-26(12-10-18)22(27)21-14-20(24-25-21)16-5-7-17(23)8-6-16/h2-8,13-14,18H,9-12H2,1H3,(H,24,25). The van der Waals surface area contributed by atoms with Gasteiger partial charge in [-0.15, -0.1) is 11.8 Å². The van der Waals surface area contributed by atoms with Crippen molar-refractivity contribution in [3.8, 4) is 11.3 Å². The second kappa shape index (κ2) is 8.19. The molecule has 0 unspecified atom stereocenters. The number of aryl methyl sites for hydroxylation is 1. The van der Waals surface area contributed by atoms with Crippen LogP contribution in [0.2, 0.25) is 0 Å². The number of nitrogens with one attached hydrogen (secondary N) is 1. The van der Waals surface area contributed by atoms with Gasteiger partial charge in [0.15, 0.2) is 0 Å². The molecular weight excluding hydrogens is 373 g/mol. The molecule has 2 aromatic carbocycles. The monoisotopic (exact) mass is 395 g/mol. The predicted molar refractivity (Wildman–Crippen MR) is 110 cm³/mol. The lowest BCUT2D eigenvalue weighted by molar-refractivity contribution is 0.0721. The number of piperidine rings is 1. The fraction of sp³-hybridized carbons (Fsp3) is 0.273. The molecular formula is C22H22FN3OS. The molecule has 1 amide bonds. The van der Waals surface area contributed by atoms with Gasteiger partial charge in [-0.1, -0.05) is 17.7 Å². The SMILES string of the molecule is Cc1cccc(SC2CCN(C(=O)c3cc(-c4ccc(F)cc4)n[nH]3)CC2)c1. The lowest BCUT2D eigenvalue weighted by Crippen LogP contribution is -2.39. The molecule has 0 bridgehead atoms. The summed E-state index contributed by atoms with van der Waals surface area (Å²) in [5.41, 5.74) is 3.18. The molecule has 1 aliphatic rings. The Bertz CT molecular complexity index is 962. The van der Waals surface area contributed by atoms with Gasteiger partial charge in [0.05, 0.1) is 5.69 Å². The van der Waals surface area contributed by atoms with Crippen molar-refractivity contribution < 1.29 is 9.18 Å². The van der Waals surface area contributed by atoms with E-state index in [0.29, 0.717) is 16.6 Å². The first-order chi connectivity index (χ1) is 13.6. The van der Waals surface area contributed by atoms with Crippen molar-refractivity contribution >= 4 is 17.7 Å². The molecule has 4 rings (SSSR count). The fourth-order valence-electron chi connectivity index (χ4n) is 3.43. The Hall–Kier alpha value is -2.60. The molecule has 1 N–H and O–H groups in total. The first-order valence-corrected chi connectivity index (χ1v) is 10.3. The first kappa shape index (κ1) is 18.7. The third-order valence-electron chi connectivity index (χ3n) is 4.97. The van der Waals surface area contributed by atoms with E-state index in [1.54, 1.807) is 18.2 Å². The minimum absolute atomic E-state index is 0.0279. The van der Waals surface area contributed by atoms with Crippen LogP contribution < -0.4 is 0 Å². The average Bonchev–Trinajstić information content (AvgIpc) is 3.19. The van der Waals surface area contributed by atoms with Crippen LogP contribution in [0.1, 0.15) is 28.9 Å². The molecule has 1 aliphatic heterocycles. The van der Waals surface area contributed by atoms with Gasteiger partial charge in [-0.2, -0.15) is 5.10 Å². The third-order valence-corrected chi connectivity index (χ3v) is 6.30. The van der Waals surface area contributed by atoms with Crippen LogP contribution in [0.25, 0.3) is 11.3 Å². The maximum atomic E-state index is 13.1. The molecule has 6 heteroatoms. The number of hydrogen-bond donors (Lipinski definition) is 1. The Morgan fingerprint density at radius 2 is 1.89 bits per heavy atom. The zero-order valence-electron chi connectivity index (χ0n) is 15.7. The first-order valence-electron chi connectivity index (χ1n) is 9.42. The summed E-state index contributed by atoms with van der Waals surface area (Å²) in [6.07, 6.45) is 1.95. The number of hydrogen-bond acceptors (Lipinski definition) is 3. The van der Waals surface area contributed by atoms with E-state index in [-0.39, 0.29) is 11.7 Å². The van der Waals surface area contributed by atoms with Gasteiger partial charge in [0.2, 0.25) is 0 Å². The Balaban J connectivity index is 1.36. The van der Waals surface area contributed by atoms with Gasteiger partial charge in [0.1, 0.15) is 11.5 Å². The number of H-pyrrole nitrogens is 1. The number of carbonyl (C=O) groups excluding carboxylic acids is 1. The number of rotatable bonds is 4. The highest BCUT2D eigenvalue weighted by Gasteiger charge is 2.25. The highest BCUT2D eigenvalue weighted by Crippen LogP contribution is 2.31. The van der Waals surface area contributed by atoms with Crippen molar-refractivity contribution in [2.24, 2.45) is 0 Å². The van der Waals surface area contributed by atoms with Gasteiger partial charge < -0.3 is 4.90 Å². The molecule has 0 spiro atoms. The molecule has 4 nitrogen and oxygen atoms in total. The summed E-state index contributed by atoms with van der Waals surface area (Å²) in [6.45, 7) is 3.59. The van der Waals surface area contributed by atoms with Gasteiger partial charge in [-0.25, -0.2) is 4.39 Å². The zero-order chi connectivity index (χ0) is 19.5. The van der Waals surface area contributed by atoms with E-state index in [1.165, 1.54) is 22.6 Å². The molecule has 28 heavy (non-hydrogen) atoms. The number of nitrogens with zero attached hydrogens (tertiary/aromatic N) is 2. The smallest absolute Gasteiger partial charge is 0.271 e. The summed E-state index contributed by atoms with van der Waals surface area (Å²) in [4.78, 5) is 16.0. The van der Waals surface area contributed by atoms with E-state index in [0.717, 1.165) is 31.5 Å². The number of benzene rings is 2. The van der Waals surface area contributed by atoms with Crippen molar-refractivity contribution in [2.75, 3.05) is 13.1 Å². The van der Waals surface area contributed by atoms with Crippen LogP contribution in [-0.2, 0) is 0 Å². The number of thioether (sulfide) groups is 1. The van der Waals surface area contributed by atoms with Crippen LogP contribution in [-0.4, -0.2) is 39.3 Å². The van der Waals surface area contributed by atoms with E-state index >= 15 is 0 Å². The summed E-state index contributed by atoms with van der Waals surface area (Å²) in [6, 6.07) is 16.4. The lowest BCUT2D eigenvalue weighted by atomic mass is 10.1. The Kier molecular flexibility index (Phi) is 5.48. The number of halogens is 1. The summed E-state index contributed by atoms with van der Waals surface area (Å²) >= 11 is 1.90. The second-order valence-electron chi connectivity index (χ2n) is 7.10. The molecule has 3 aromatic rings. The number of likely N-dealkylation sites (tertiary alicyclic amines) is 1. The summed E-state index contributed by atoms with van der Waals surface area (Å²) in [7, 11) is 0. The molecule has 0 aliphatic carbocycles. The van der Waals surface area contributed by atoms with Crippen LogP contribution in [0.15, 0.2) is 59.5 Å². The Labute approximate surface area is 168 Å². The summed E-state index contributed by atoms with van der Waals surface area (Å²) < 4.78 is 13.1. The van der Waals surface area contributed by atoms with E-state index in [1.807, 2.05) is 16.7 Å². The number of carbonyl (C=O) groups is 1. The van der Waals surface area contributed by atoms with Crippen molar-refractivity contribution in [1.82, 2.24) is 15.1 Å². The minimum Gasteiger partial charge on any atom is -0.337 e. The van der Waals surface area contributed by atoms with Crippen LogP contribution >= 0.6 is 11.8 Å². The second-order valence-corrected chi connectivity index (χ2v) is 8.47. The van der Waals surface area contributed by atoms with Gasteiger partial charge in [-0.3, -0.25) is 9.89 Å². The van der Waals surface area contributed by atoms with Crippen molar-refractivity contribution in [1.29, 1.82) is 0 Å². The Morgan fingerprint density at radius 1 is 1.14 bits per heavy atom. The van der Waals surface area contributed by atoms with Crippen molar-refractivity contribution in [3.63, 3.8) is 0 Å². The average molecular weight is 396 g/mol. The molecule has 0 saturated carbocycles. The lowest BCUT2D eigenvalue weighted by Gasteiger charge is -2.31. The van der Waals surface area contributed by atoms with Crippen LogP contribution in [0.3, 0.4) is 0 Å². The van der Waals surface area contributed by atoms with Crippen LogP contribution in [0, 0.1) is 12.7 Å². The van der Waals surface area contributed by atoms with Gasteiger partial charge >= 0.3 is 0 Å². The summed E-state index contributed by atoms with van der Waals surface area (Å²) in [5, 5.41) is 7.58. The van der Waals surface area contributed by atoms with Gasteiger partial charge in [0, 0.05) is 28.8 Å². The van der Waals surface area contributed by atoms with Gasteiger partial charge in [-0.05, 0) is 62.2 Å². The van der Waals surface area contributed by atoms with Crippen LogP contribution in [0.4, 0.5) is 4.39 Å². The van der Waals surface area contributed by atoms with Crippen LogP contribution in [0.5, 0.6) is 0 Å².